The lowest BCUT2D eigenvalue weighted by Gasteiger charge is -2.17. The molecule has 0 N–H and O–H groups in total. The molecule has 46 heavy (non-hydrogen) atoms. The first-order valence-corrected chi connectivity index (χ1v) is 20.3. The summed E-state index contributed by atoms with van der Waals surface area (Å²) in [6.07, 6.45) is 35.7. The predicted octanol–water partition coefficient (Wildman–Crippen LogP) is 11.4. The zero-order chi connectivity index (χ0) is 32.9. The molecule has 0 aromatic carbocycles. The smallest absolute Gasteiger partial charge is 0.306 e. The molecule has 2 fully saturated rings. The van der Waals surface area contributed by atoms with Crippen LogP contribution in [0.3, 0.4) is 0 Å². The van der Waals surface area contributed by atoms with E-state index in [2.05, 4.69) is 13.8 Å². The first kappa shape index (κ1) is 41.0. The summed E-state index contributed by atoms with van der Waals surface area (Å²) < 4.78 is 23.2. The monoisotopic (exact) mass is 651 g/mol. The van der Waals surface area contributed by atoms with Gasteiger partial charge in [0, 0.05) is 12.8 Å². The van der Waals surface area contributed by atoms with E-state index in [-0.39, 0.29) is 24.1 Å². The van der Waals surface area contributed by atoms with Crippen molar-refractivity contribution >= 4 is 11.9 Å². The number of hydrogen-bond acceptors (Lipinski definition) is 6. The van der Waals surface area contributed by atoms with Crippen LogP contribution < -0.4 is 0 Å². The summed E-state index contributed by atoms with van der Waals surface area (Å²) in [5.41, 5.74) is 0. The van der Waals surface area contributed by atoms with Crippen molar-refractivity contribution in [1.82, 2.24) is 0 Å². The Balaban J connectivity index is 1.39. The molecule has 0 spiro atoms. The number of rotatable bonds is 32. The molecule has 2 aliphatic heterocycles. The highest BCUT2D eigenvalue weighted by Crippen LogP contribution is 2.31. The maximum Gasteiger partial charge on any atom is 0.306 e. The van der Waals surface area contributed by atoms with Crippen molar-refractivity contribution in [3.05, 3.63) is 0 Å². The average Bonchev–Trinajstić information content (AvgIpc) is 3.64. The van der Waals surface area contributed by atoms with E-state index in [0.717, 1.165) is 25.7 Å². The summed E-state index contributed by atoms with van der Waals surface area (Å²) in [6.45, 7) is 5.17. The number of ether oxygens (including phenoxy) is 4. The molecule has 6 nitrogen and oxygen atoms in total. The largest absolute Gasteiger partial charge is 0.457 e. The van der Waals surface area contributed by atoms with Gasteiger partial charge in [0.15, 0.2) is 12.2 Å². The van der Waals surface area contributed by atoms with Gasteiger partial charge in [-0.25, -0.2) is 0 Å². The van der Waals surface area contributed by atoms with E-state index in [1.165, 1.54) is 154 Å². The molecule has 0 unspecified atom stereocenters. The molecular weight excluding hydrogens is 576 g/mol. The molecule has 0 aliphatic carbocycles. The van der Waals surface area contributed by atoms with E-state index in [1.807, 2.05) is 0 Å². The van der Waals surface area contributed by atoms with Gasteiger partial charge < -0.3 is 18.9 Å². The van der Waals surface area contributed by atoms with Crippen LogP contribution in [0.2, 0.25) is 0 Å². The maximum absolute atomic E-state index is 12.5. The van der Waals surface area contributed by atoms with Crippen molar-refractivity contribution in [3.8, 4) is 0 Å². The standard InChI is InChI=1S/C40H74O6/c1-3-5-7-9-11-13-15-17-18-20-22-24-26-28-30-32-38(42)46-36-34-44-39-35(33-43-40(36)39)45-37(41)31-29-27-25-23-21-19-16-14-12-10-8-6-4-2/h35-36,39-40H,3-34H2,1-2H3/t35-,36+,39+,40+/m0/s1. The van der Waals surface area contributed by atoms with Gasteiger partial charge in [-0.1, -0.05) is 181 Å². The molecule has 2 rings (SSSR count). The second-order valence-corrected chi connectivity index (χ2v) is 14.3. The van der Waals surface area contributed by atoms with Gasteiger partial charge in [0.2, 0.25) is 0 Å². The molecule has 2 heterocycles. The van der Waals surface area contributed by atoms with Crippen LogP contribution >= 0.6 is 0 Å². The van der Waals surface area contributed by atoms with Crippen molar-refractivity contribution in [1.29, 1.82) is 0 Å². The van der Waals surface area contributed by atoms with E-state index >= 15 is 0 Å². The number of fused-ring (bicyclic) bond motifs is 1. The van der Waals surface area contributed by atoms with Gasteiger partial charge in [-0.3, -0.25) is 9.59 Å². The quantitative estimate of drug-likeness (QED) is 0.0533. The third-order valence-electron chi connectivity index (χ3n) is 10.00. The average molecular weight is 651 g/mol. The first-order valence-electron chi connectivity index (χ1n) is 20.3. The Morgan fingerprint density at radius 2 is 0.652 bits per heavy atom. The molecule has 270 valence electrons. The molecule has 0 radical (unpaired) electrons. The van der Waals surface area contributed by atoms with Crippen LogP contribution in [0.15, 0.2) is 0 Å². The molecule has 0 aromatic heterocycles. The molecule has 4 atom stereocenters. The Hall–Kier alpha value is -1.14. The van der Waals surface area contributed by atoms with Crippen LogP contribution in [0.4, 0.5) is 0 Å². The fourth-order valence-electron chi connectivity index (χ4n) is 7.01. The van der Waals surface area contributed by atoms with E-state index in [9.17, 15) is 9.59 Å². The Morgan fingerprint density at radius 1 is 0.413 bits per heavy atom. The fourth-order valence-corrected chi connectivity index (χ4v) is 7.01. The second kappa shape index (κ2) is 28.8. The minimum atomic E-state index is -0.404. The van der Waals surface area contributed by atoms with E-state index < -0.39 is 12.2 Å². The topological polar surface area (TPSA) is 71.1 Å². The zero-order valence-corrected chi connectivity index (χ0v) is 30.4. The van der Waals surface area contributed by atoms with Crippen molar-refractivity contribution in [2.24, 2.45) is 0 Å². The van der Waals surface area contributed by atoms with Crippen molar-refractivity contribution in [2.45, 2.75) is 231 Å². The Kier molecular flexibility index (Phi) is 25.7. The van der Waals surface area contributed by atoms with Crippen LogP contribution in [0.5, 0.6) is 0 Å². The second-order valence-electron chi connectivity index (χ2n) is 14.3. The van der Waals surface area contributed by atoms with Crippen LogP contribution in [-0.2, 0) is 28.5 Å². The van der Waals surface area contributed by atoms with E-state index in [0.29, 0.717) is 26.1 Å². The lowest BCUT2D eigenvalue weighted by molar-refractivity contribution is -0.155. The minimum absolute atomic E-state index is 0.171. The molecule has 2 saturated heterocycles. The zero-order valence-electron chi connectivity index (χ0n) is 30.4. The Morgan fingerprint density at radius 3 is 0.913 bits per heavy atom. The van der Waals surface area contributed by atoms with Crippen molar-refractivity contribution in [3.63, 3.8) is 0 Å². The van der Waals surface area contributed by atoms with Gasteiger partial charge >= 0.3 is 11.9 Å². The molecule has 0 amide bonds. The lowest BCUT2D eigenvalue weighted by Crippen LogP contribution is -2.35. The SMILES string of the molecule is CCCCCCCCCCCCCCCCCC(=O)O[C@@H]1CO[C@H]2[C@@H]1OC[C@@H]2OC(=O)CCCCCCCCCCCCCCC. The third kappa shape index (κ3) is 20.3. The van der Waals surface area contributed by atoms with Crippen LogP contribution in [0, 0.1) is 0 Å². The van der Waals surface area contributed by atoms with Gasteiger partial charge in [0.25, 0.3) is 0 Å². The van der Waals surface area contributed by atoms with Gasteiger partial charge in [0.1, 0.15) is 12.2 Å². The van der Waals surface area contributed by atoms with E-state index in [4.69, 9.17) is 18.9 Å². The highest BCUT2D eigenvalue weighted by molar-refractivity contribution is 5.70. The normalized spacial score (nSPS) is 20.7. The van der Waals surface area contributed by atoms with Gasteiger partial charge in [-0.05, 0) is 12.8 Å². The molecule has 6 heteroatoms. The number of esters is 2. The third-order valence-corrected chi connectivity index (χ3v) is 10.00. The summed E-state index contributed by atoms with van der Waals surface area (Å²) in [7, 11) is 0. The Labute approximate surface area is 284 Å². The molecule has 0 bridgehead atoms. The summed E-state index contributed by atoms with van der Waals surface area (Å²) in [4.78, 5) is 24.9. The summed E-state index contributed by atoms with van der Waals surface area (Å²) in [5.74, 6) is -0.343. The highest BCUT2D eigenvalue weighted by Gasteiger charge is 2.51. The Bertz CT molecular complexity index is 727. The maximum atomic E-state index is 12.5. The van der Waals surface area contributed by atoms with Gasteiger partial charge in [-0.2, -0.15) is 0 Å². The van der Waals surface area contributed by atoms with Crippen molar-refractivity contribution < 1.29 is 28.5 Å². The van der Waals surface area contributed by atoms with Crippen LogP contribution in [0.25, 0.3) is 0 Å². The number of unbranched alkanes of at least 4 members (excludes halogenated alkanes) is 26. The first-order chi connectivity index (χ1) is 22.7. The predicted molar refractivity (Wildman–Crippen MR) is 189 cm³/mol. The van der Waals surface area contributed by atoms with Gasteiger partial charge in [0.05, 0.1) is 13.2 Å². The fraction of sp³-hybridized carbons (Fsp3) is 0.950. The lowest BCUT2D eigenvalue weighted by atomic mass is 10.0. The molecule has 0 aromatic rings. The number of carbonyl (C=O) groups is 2. The number of hydrogen-bond donors (Lipinski definition) is 0. The van der Waals surface area contributed by atoms with Gasteiger partial charge in [-0.15, -0.1) is 0 Å². The highest BCUT2D eigenvalue weighted by atomic mass is 16.7. The summed E-state index contributed by atoms with van der Waals surface area (Å²) in [5, 5.41) is 0. The number of carbonyl (C=O) groups excluding carboxylic acids is 2. The van der Waals surface area contributed by atoms with Crippen molar-refractivity contribution in [2.75, 3.05) is 13.2 Å². The minimum Gasteiger partial charge on any atom is -0.457 e. The van der Waals surface area contributed by atoms with Crippen LogP contribution in [0.1, 0.15) is 206 Å². The van der Waals surface area contributed by atoms with E-state index in [1.54, 1.807) is 0 Å². The summed E-state index contributed by atoms with van der Waals surface area (Å²) in [6, 6.07) is 0. The molecule has 0 saturated carbocycles. The molecule has 2 aliphatic rings. The summed E-state index contributed by atoms with van der Waals surface area (Å²) >= 11 is 0. The molecular formula is C40H74O6. The van der Waals surface area contributed by atoms with Crippen LogP contribution in [-0.4, -0.2) is 49.6 Å².